The Morgan fingerprint density at radius 1 is 1.29 bits per heavy atom. The van der Waals surface area contributed by atoms with Gasteiger partial charge in [-0.3, -0.25) is 5.84 Å². The highest BCUT2D eigenvalue weighted by atomic mass is 32.1. The van der Waals surface area contributed by atoms with Crippen LogP contribution < -0.4 is 11.3 Å². The molecule has 0 amide bonds. The number of hydrogen-bond acceptors (Lipinski definition) is 4. The van der Waals surface area contributed by atoms with Crippen molar-refractivity contribution in [1.29, 1.82) is 0 Å². The second-order valence-corrected chi connectivity index (χ2v) is 6.86. The lowest BCUT2D eigenvalue weighted by Gasteiger charge is -2.11. The Hall–Kier alpha value is -1.62. The number of hydrazine groups is 1. The van der Waals surface area contributed by atoms with Crippen LogP contribution in [0.3, 0.4) is 0 Å². The molecule has 21 heavy (non-hydrogen) atoms. The van der Waals surface area contributed by atoms with Crippen molar-refractivity contribution in [3.05, 3.63) is 57.0 Å². The largest absolute Gasteiger partial charge is 0.459 e. The van der Waals surface area contributed by atoms with Gasteiger partial charge in [0.1, 0.15) is 17.4 Å². The molecule has 0 spiro atoms. The maximum atomic E-state index is 6.07. The van der Waals surface area contributed by atoms with Crippen molar-refractivity contribution >= 4 is 22.3 Å². The van der Waals surface area contributed by atoms with Gasteiger partial charge in [-0.25, -0.2) is 5.43 Å². The normalized spacial score (nSPS) is 15.5. The van der Waals surface area contributed by atoms with Gasteiger partial charge in [0.05, 0.1) is 0 Å². The minimum absolute atomic E-state index is 0.0626. The van der Waals surface area contributed by atoms with E-state index in [1.165, 1.54) is 34.6 Å². The van der Waals surface area contributed by atoms with E-state index in [0.29, 0.717) is 0 Å². The third-order valence-electron chi connectivity index (χ3n) is 4.26. The van der Waals surface area contributed by atoms with E-state index in [2.05, 4.69) is 42.7 Å². The molecule has 3 N–H and O–H groups in total. The van der Waals surface area contributed by atoms with Gasteiger partial charge in [0, 0.05) is 15.1 Å². The van der Waals surface area contributed by atoms with Gasteiger partial charge in [-0.05, 0) is 49.4 Å². The molecule has 2 heterocycles. The summed E-state index contributed by atoms with van der Waals surface area (Å²) in [6.45, 7) is 2.07. The van der Waals surface area contributed by atoms with Crippen LogP contribution >= 0.6 is 11.3 Å². The summed E-state index contributed by atoms with van der Waals surface area (Å²) >= 11 is 1.86. The van der Waals surface area contributed by atoms with E-state index < -0.39 is 0 Å². The van der Waals surface area contributed by atoms with Crippen molar-refractivity contribution in [3.8, 4) is 0 Å². The molecule has 1 aromatic carbocycles. The van der Waals surface area contributed by atoms with E-state index in [1.807, 2.05) is 11.3 Å². The van der Waals surface area contributed by atoms with E-state index in [0.717, 1.165) is 22.3 Å². The number of thiophene rings is 1. The van der Waals surface area contributed by atoms with Gasteiger partial charge in [-0.15, -0.1) is 11.3 Å². The first-order valence-corrected chi connectivity index (χ1v) is 8.14. The third kappa shape index (κ3) is 2.11. The fourth-order valence-corrected chi connectivity index (χ4v) is 4.50. The Morgan fingerprint density at radius 3 is 2.95 bits per heavy atom. The SMILES string of the molecule is Cc1cccc2cc(C(NN)c3cc4c(s3)CCC4)oc12. The molecule has 3 aromatic rings. The van der Waals surface area contributed by atoms with Crippen LogP contribution in [-0.2, 0) is 12.8 Å². The van der Waals surface area contributed by atoms with Crippen LogP contribution in [0.2, 0.25) is 0 Å². The fraction of sp³-hybridized carbons (Fsp3) is 0.294. The predicted octanol–water partition coefficient (Wildman–Crippen LogP) is 3.84. The van der Waals surface area contributed by atoms with Crippen LogP contribution in [0.5, 0.6) is 0 Å². The quantitative estimate of drug-likeness (QED) is 0.570. The molecule has 0 radical (unpaired) electrons. The first-order valence-electron chi connectivity index (χ1n) is 7.33. The van der Waals surface area contributed by atoms with Crippen molar-refractivity contribution < 1.29 is 4.42 Å². The number of para-hydroxylation sites is 1. The minimum atomic E-state index is -0.0626. The zero-order valence-electron chi connectivity index (χ0n) is 12.0. The summed E-state index contributed by atoms with van der Waals surface area (Å²) in [6, 6.07) is 10.5. The molecule has 4 heteroatoms. The summed E-state index contributed by atoms with van der Waals surface area (Å²) in [4.78, 5) is 2.76. The summed E-state index contributed by atoms with van der Waals surface area (Å²) in [6.07, 6.45) is 3.69. The van der Waals surface area contributed by atoms with Crippen molar-refractivity contribution in [2.75, 3.05) is 0 Å². The van der Waals surface area contributed by atoms with Gasteiger partial charge < -0.3 is 4.42 Å². The molecule has 2 aromatic heterocycles. The van der Waals surface area contributed by atoms with Crippen LogP contribution in [0, 0.1) is 6.92 Å². The number of aryl methyl sites for hydroxylation is 3. The summed E-state index contributed by atoms with van der Waals surface area (Å²) in [5, 5.41) is 1.13. The Labute approximate surface area is 127 Å². The molecule has 0 aliphatic heterocycles. The van der Waals surface area contributed by atoms with E-state index in [9.17, 15) is 0 Å². The monoisotopic (exact) mass is 298 g/mol. The van der Waals surface area contributed by atoms with Crippen LogP contribution in [-0.4, -0.2) is 0 Å². The van der Waals surface area contributed by atoms with E-state index in [-0.39, 0.29) is 6.04 Å². The van der Waals surface area contributed by atoms with Gasteiger partial charge in [0.25, 0.3) is 0 Å². The Kier molecular flexibility index (Phi) is 3.10. The van der Waals surface area contributed by atoms with Gasteiger partial charge in [-0.2, -0.15) is 0 Å². The Balaban J connectivity index is 1.78. The number of fused-ring (bicyclic) bond motifs is 2. The Bertz CT molecular complexity index is 781. The number of nitrogens with one attached hydrogen (secondary N) is 1. The molecule has 0 saturated heterocycles. The maximum absolute atomic E-state index is 6.07. The van der Waals surface area contributed by atoms with Gasteiger partial charge in [0.2, 0.25) is 0 Å². The highest BCUT2D eigenvalue weighted by Gasteiger charge is 2.23. The van der Waals surface area contributed by atoms with Gasteiger partial charge in [-0.1, -0.05) is 18.2 Å². The van der Waals surface area contributed by atoms with E-state index in [4.69, 9.17) is 10.3 Å². The number of nitrogens with two attached hydrogens (primary N) is 1. The highest BCUT2D eigenvalue weighted by Crippen LogP contribution is 2.37. The van der Waals surface area contributed by atoms with Crippen LogP contribution in [0.1, 0.15) is 39.1 Å². The molecule has 0 bridgehead atoms. The van der Waals surface area contributed by atoms with Crippen molar-refractivity contribution in [1.82, 2.24) is 5.43 Å². The highest BCUT2D eigenvalue weighted by molar-refractivity contribution is 7.12. The summed E-state index contributed by atoms with van der Waals surface area (Å²) in [5.74, 6) is 6.70. The van der Waals surface area contributed by atoms with E-state index in [1.54, 1.807) is 0 Å². The zero-order chi connectivity index (χ0) is 14.4. The summed E-state index contributed by atoms with van der Waals surface area (Å²) < 4.78 is 6.07. The second-order valence-electron chi connectivity index (χ2n) is 5.69. The molecule has 4 rings (SSSR count). The lowest BCUT2D eigenvalue weighted by Crippen LogP contribution is -2.27. The lowest BCUT2D eigenvalue weighted by molar-refractivity contribution is 0.480. The smallest absolute Gasteiger partial charge is 0.137 e. The molecular formula is C17H18N2OS. The van der Waals surface area contributed by atoms with Gasteiger partial charge in [0.15, 0.2) is 0 Å². The number of benzene rings is 1. The van der Waals surface area contributed by atoms with Gasteiger partial charge >= 0.3 is 0 Å². The maximum Gasteiger partial charge on any atom is 0.137 e. The van der Waals surface area contributed by atoms with E-state index >= 15 is 0 Å². The van der Waals surface area contributed by atoms with Crippen molar-refractivity contribution in [2.24, 2.45) is 5.84 Å². The third-order valence-corrected chi connectivity index (χ3v) is 5.56. The average Bonchev–Trinajstić information content (AvgIpc) is 3.13. The molecule has 1 unspecified atom stereocenters. The number of rotatable bonds is 3. The zero-order valence-corrected chi connectivity index (χ0v) is 12.8. The molecular weight excluding hydrogens is 280 g/mol. The van der Waals surface area contributed by atoms with Crippen LogP contribution in [0.4, 0.5) is 0 Å². The number of hydrogen-bond donors (Lipinski definition) is 2. The molecule has 1 atom stereocenters. The lowest BCUT2D eigenvalue weighted by atomic mass is 10.1. The van der Waals surface area contributed by atoms with Crippen LogP contribution in [0.25, 0.3) is 11.0 Å². The topological polar surface area (TPSA) is 51.2 Å². The average molecular weight is 298 g/mol. The fourth-order valence-electron chi connectivity index (χ4n) is 3.17. The minimum Gasteiger partial charge on any atom is -0.459 e. The molecule has 108 valence electrons. The first-order chi connectivity index (χ1) is 10.3. The molecule has 0 fully saturated rings. The summed E-state index contributed by atoms with van der Waals surface area (Å²) in [7, 11) is 0. The standard InChI is InChI=1S/C17H18N2OS/c1-10-4-2-6-12-8-13(20-17(10)12)16(19-18)15-9-11-5-3-7-14(11)21-15/h2,4,6,8-9,16,19H,3,5,7,18H2,1H3. The number of furan rings is 1. The molecule has 1 aliphatic rings. The van der Waals surface area contributed by atoms with Crippen LogP contribution in [0.15, 0.2) is 34.7 Å². The molecule has 3 nitrogen and oxygen atoms in total. The molecule has 0 saturated carbocycles. The Morgan fingerprint density at radius 2 is 2.19 bits per heavy atom. The second kappa shape index (κ2) is 4.98. The predicted molar refractivity (Wildman–Crippen MR) is 86.5 cm³/mol. The van der Waals surface area contributed by atoms with Crippen molar-refractivity contribution in [3.63, 3.8) is 0 Å². The first kappa shape index (κ1) is 13.1. The molecule has 1 aliphatic carbocycles. The van der Waals surface area contributed by atoms with Crippen molar-refractivity contribution in [2.45, 2.75) is 32.2 Å². The summed E-state index contributed by atoms with van der Waals surface area (Å²) in [5.41, 5.74) is 6.52.